The highest BCUT2D eigenvalue weighted by atomic mass is 16.5. The molecule has 0 aromatic heterocycles. The van der Waals surface area contributed by atoms with Gasteiger partial charge in [-0.3, -0.25) is 0 Å². The Morgan fingerprint density at radius 1 is 1.43 bits per heavy atom. The van der Waals surface area contributed by atoms with Gasteiger partial charge in [-0.15, -0.1) is 0 Å². The SMILES string of the molecule is CC(C)c1ccccc1OCC(=O)O. The molecule has 0 saturated carbocycles. The lowest BCUT2D eigenvalue weighted by Crippen LogP contribution is -2.10. The molecule has 0 fully saturated rings. The van der Waals surface area contributed by atoms with Crippen LogP contribution in [-0.4, -0.2) is 17.7 Å². The van der Waals surface area contributed by atoms with Gasteiger partial charge in [-0.1, -0.05) is 32.0 Å². The van der Waals surface area contributed by atoms with Crippen LogP contribution in [0.15, 0.2) is 24.3 Å². The molecule has 1 rings (SSSR count). The van der Waals surface area contributed by atoms with Gasteiger partial charge in [-0.05, 0) is 17.5 Å². The van der Waals surface area contributed by atoms with Gasteiger partial charge >= 0.3 is 5.97 Å². The Kier molecular flexibility index (Phi) is 3.51. The number of carboxylic acids is 1. The Hall–Kier alpha value is -1.51. The molecule has 1 N–H and O–H groups in total. The van der Waals surface area contributed by atoms with Gasteiger partial charge in [0.2, 0.25) is 0 Å². The zero-order valence-corrected chi connectivity index (χ0v) is 8.36. The fourth-order valence-electron chi connectivity index (χ4n) is 1.23. The van der Waals surface area contributed by atoms with Crippen LogP contribution in [0.3, 0.4) is 0 Å². The van der Waals surface area contributed by atoms with E-state index in [9.17, 15) is 4.79 Å². The van der Waals surface area contributed by atoms with Gasteiger partial charge in [-0.25, -0.2) is 4.79 Å². The summed E-state index contributed by atoms with van der Waals surface area (Å²) in [6.45, 7) is 3.80. The number of rotatable bonds is 4. The average Bonchev–Trinajstić information content (AvgIpc) is 2.15. The molecule has 0 unspecified atom stereocenters. The smallest absolute Gasteiger partial charge is 0.341 e. The van der Waals surface area contributed by atoms with Crippen LogP contribution in [0, 0.1) is 0 Å². The van der Waals surface area contributed by atoms with E-state index in [1.54, 1.807) is 6.07 Å². The number of ether oxygens (including phenoxy) is 1. The Morgan fingerprint density at radius 2 is 2.07 bits per heavy atom. The minimum atomic E-state index is -0.955. The van der Waals surface area contributed by atoms with Gasteiger partial charge < -0.3 is 9.84 Å². The third-order valence-electron chi connectivity index (χ3n) is 1.89. The number of hydrogen-bond acceptors (Lipinski definition) is 2. The zero-order valence-electron chi connectivity index (χ0n) is 8.36. The summed E-state index contributed by atoms with van der Waals surface area (Å²) >= 11 is 0. The molecule has 0 aliphatic rings. The summed E-state index contributed by atoms with van der Waals surface area (Å²) in [5, 5.41) is 8.48. The third kappa shape index (κ3) is 2.76. The highest BCUT2D eigenvalue weighted by Gasteiger charge is 2.07. The molecular weight excluding hydrogens is 180 g/mol. The number of para-hydroxylation sites is 1. The molecule has 1 aromatic carbocycles. The van der Waals surface area contributed by atoms with E-state index >= 15 is 0 Å². The topological polar surface area (TPSA) is 46.5 Å². The van der Waals surface area contributed by atoms with Crippen LogP contribution in [0.4, 0.5) is 0 Å². The molecule has 0 aliphatic heterocycles. The lowest BCUT2D eigenvalue weighted by Gasteiger charge is -2.12. The van der Waals surface area contributed by atoms with Gasteiger partial charge in [0, 0.05) is 0 Å². The molecule has 3 nitrogen and oxygen atoms in total. The van der Waals surface area contributed by atoms with E-state index in [0.717, 1.165) is 5.56 Å². The van der Waals surface area contributed by atoms with Crippen LogP contribution >= 0.6 is 0 Å². The number of benzene rings is 1. The first-order valence-electron chi connectivity index (χ1n) is 4.54. The lowest BCUT2D eigenvalue weighted by molar-refractivity contribution is -0.139. The van der Waals surface area contributed by atoms with Gasteiger partial charge in [0.05, 0.1) is 0 Å². The van der Waals surface area contributed by atoms with Crippen LogP contribution in [0.5, 0.6) is 5.75 Å². The molecule has 0 radical (unpaired) electrons. The number of aliphatic carboxylic acids is 1. The highest BCUT2D eigenvalue weighted by molar-refractivity contribution is 5.68. The number of carboxylic acid groups (broad SMARTS) is 1. The molecule has 0 saturated heterocycles. The van der Waals surface area contributed by atoms with Crippen molar-refractivity contribution in [2.75, 3.05) is 6.61 Å². The van der Waals surface area contributed by atoms with Crippen molar-refractivity contribution < 1.29 is 14.6 Å². The van der Waals surface area contributed by atoms with Gasteiger partial charge in [0.1, 0.15) is 5.75 Å². The second-order valence-corrected chi connectivity index (χ2v) is 3.37. The van der Waals surface area contributed by atoms with Crippen LogP contribution in [-0.2, 0) is 4.79 Å². The fourth-order valence-corrected chi connectivity index (χ4v) is 1.23. The van der Waals surface area contributed by atoms with Crippen molar-refractivity contribution in [1.82, 2.24) is 0 Å². The molecule has 0 amide bonds. The Balaban J connectivity index is 2.79. The minimum Gasteiger partial charge on any atom is -0.482 e. The first-order chi connectivity index (χ1) is 6.61. The molecule has 0 spiro atoms. The molecular formula is C11H14O3. The third-order valence-corrected chi connectivity index (χ3v) is 1.89. The standard InChI is InChI=1S/C11H14O3/c1-8(2)9-5-3-4-6-10(9)14-7-11(12)13/h3-6,8H,7H2,1-2H3,(H,12,13). The van der Waals surface area contributed by atoms with Crippen molar-refractivity contribution in [2.24, 2.45) is 0 Å². The van der Waals surface area contributed by atoms with E-state index in [-0.39, 0.29) is 6.61 Å². The maximum Gasteiger partial charge on any atom is 0.341 e. The van der Waals surface area contributed by atoms with Crippen molar-refractivity contribution in [1.29, 1.82) is 0 Å². The van der Waals surface area contributed by atoms with E-state index in [4.69, 9.17) is 9.84 Å². The maximum absolute atomic E-state index is 10.3. The van der Waals surface area contributed by atoms with E-state index in [1.165, 1.54) is 0 Å². The summed E-state index contributed by atoms with van der Waals surface area (Å²) in [5.41, 5.74) is 1.04. The van der Waals surface area contributed by atoms with Crippen LogP contribution in [0.1, 0.15) is 25.3 Å². The molecule has 0 aliphatic carbocycles. The van der Waals surface area contributed by atoms with Crippen molar-refractivity contribution >= 4 is 5.97 Å². The Morgan fingerprint density at radius 3 is 2.64 bits per heavy atom. The highest BCUT2D eigenvalue weighted by Crippen LogP contribution is 2.25. The van der Waals surface area contributed by atoms with Gasteiger partial charge in [-0.2, -0.15) is 0 Å². The number of carbonyl (C=O) groups is 1. The van der Waals surface area contributed by atoms with Crippen molar-refractivity contribution in [3.63, 3.8) is 0 Å². The summed E-state index contributed by atoms with van der Waals surface area (Å²) in [7, 11) is 0. The summed E-state index contributed by atoms with van der Waals surface area (Å²) in [5.74, 6) is 0.0356. The molecule has 0 heterocycles. The molecule has 0 bridgehead atoms. The molecule has 0 atom stereocenters. The van der Waals surface area contributed by atoms with Crippen LogP contribution in [0.2, 0.25) is 0 Å². The van der Waals surface area contributed by atoms with E-state index in [2.05, 4.69) is 0 Å². The molecule has 1 aromatic rings. The quantitative estimate of drug-likeness (QED) is 0.799. The van der Waals surface area contributed by atoms with E-state index < -0.39 is 5.97 Å². The predicted molar refractivity (Wildman–Crippen MR) is 53.7 cm³/mol. The summed E-state index contributed by atoms with van der Waals surface area (Å²) in [6.07, 6.45) is 0. The Labute approximate surface area is 83.3 Å². The number of hydrogen-bond donors (Lipinski definition) is 1. The van der Waals surface area contributed by atoms with Gasteiger partial charge in [0.25, 0.3) is 0 Å². The minimum absolute atomic E-state index is 0.288. The summed E-state index contributed by atoms with van der Waals surface area (Å²) in [4.78, 5) is 10.3. The van der Waals surface area contributed by atoms with E-state index in [0.29, 0.717) is 11.7 Å². The van der Waals surface area contributed by atoms with Crippen molar-refractivity contribution in [3.8, 4) is 5.75 Å². The fraction of sp³-hybridized carbons (Fsp3) is 0.364. The predicted octanol–water partition coefficient (Wildman–Crippen LogP) is 2.27. The van der Waals surface area contributed by atoms with E-state index in [1.807, 2.05) is 32.0 Å². The average molecular weight is 194 g/mol. The monoisotopic (exact) mass is 194 g/mol. The summed E-state index contributed by atoms with van der Waals surface area (Å²) in [6, 6.07) is 7.49. The second kappa shape index (κ2) is 4.65. The first kappa shape index (κ1) is 10.6. The lowest BCUT2D eigenvalue weighted by atomic mass is 10.0. The maximum atomic E-state index is 10.3. The van der Waals surface area contributed by atoms with Gasteiger partial charge in [0.15, 0.2) is 6.61 Å². The van der Waals surface area contributed by atoms with Crippen LogP contribution in [0.25, 0.3) is 0 Å². The summed E-state index contributed by atoms with van der Waals surface area (Å²) < 4.78 is 5.16. The second-order valence-electron chi connectivity index (χ2n) is 3.37. The molecule has 76 valence electrons. The van der Waals surface area contributed by atoms with Crippen molar-refractivity contribution in [2.45, 2.75) is 19.8 Å². The molecule has 14 heavy (non-hydrogen) atoms. The zero-order chi connectivity index (χ0) is 10.6. The van der Waals surface area contributed by atoms with Crippen LogP contribution < -0.4 is 4.74 Å². The largest absolute Gasteiger partial charge is 0.482 e. The Bertz CT molecular complexity index is 318. The normalized spacial score (nSPS) is 10.2. The first-order valence-corrected chi connectivity index (χ1v) is 4.54. The van der Waals surface area contributed by atoms with Crippen molar-refractivity contribution in [3.05, 3.63) is 29.8 Å². The molecule has 3 heteroatoms.